The van der Waals surface area contributed by atoms with Crippen LogP contribution >= 0.6 is 0 Å². The third kappa shape index (κ3) is 13.8. The van der Waals surface area contributed by atoms with Crippen molar-refractivity contribution in [1.29, 1.82) is 0 Å². The van der Waals surface area contributed by atoms with Gasteiger partial charge in [0, 0.05) is 69.6 Å². The molecule has 11 atom stereocenters. The van der Waals surface area contributed by atoms with E-state index >= 15 is 0 Å². The maximum atomic E-state index is 13.8. The third-order valence-corrected chi connectivity index (χ3v) is 15.7. The molecule has 8 rings (SSSR count). The highest BCUT2D eigenvalue weighted by molar-refractivity contribution is 5.89. The predicted molar refractivity (Wildman–Crippen MR) is 282 cm³/mol. The fourth-order valence-corrected chi connectivity index (χ4v) is 11.9. The van der Waals surface area contributed by atoms with Crippen molar-refractivity contribution in [1.82, 2.24) is 42.5 Å². The summed E-state index contributed by atoms with van der Waals surface area (Å²) >= 11 is 0. The molecule has 0 spiro atoms. The topological polar surface area (TPSA) is 259 Å². The maximum Gasteiger partial charge on any atom is 0.226 e. The number of primary amides is 1. The lowest BCUT2D eigenvalue weighted by Gasteiger charge is -2.27. The van der Waals surface area contributed by atoms with Crippen LogP contribution in [0, 0.1) is 29.6 Å². The minimum Gasteiger partial charge on any atom is -0.370 e. The van der Waals surface area contributed by atoms with Gasteiger partial charge in [-0.25, -0.2) is 0 Å². The van der Waals surface area contributed by atoms with Crippen molar-refractivity contribution in [2.45, 2.75) is 134 Å². The van der Waals surface area contributed by atoms with Crippen LogP contribution in [-0.4, -0.2) is 103 Å². The second kappa shape index (κ2) is 24.9. The standard InChI is InChI=1S/C57H73N9O8/c1-33(53(70)66-50-32-59-31-46(50)57(74)65-49-22-10-19-45(49)56(73)63-41(28-51(58)68)27-39-15-7-14-37-12-5-6-16-42(37)39)30-60-54(71)43-17-8-21-48(43)64-52(69)29-40(26-35-23-24-36-11-3-4-13-38(36)25-35)62-55(72)44-18-9-20-47(44)61-34(2)67/h3-7,11-16,23-25,33,40-41,43-50,59H,8-10,17-22,26-32H2,1-2H3,(H2,58,68)(H,60,71)(H,61,67)(H,62,72)(H,63,73)(H,64,69)(H,65,74)(H,66,70)/t33-,40-,41-,43-,44-,45-,46-,47-,48-,49-,50-/m0/s1. The first-order chi connectivity index (χ1) is 35.7. The van der Waals surface area contributed by atoms with E-state index in [0.717, 1.165) is 51.9 Å². The van der Waals surface area contributed by atoms with Gasteiger partial charge >= 0.3 is 0 Å². The zero-order valence-electron chi connectivity index (χ0n) is 42.6. The number of hydrogen-bond donors (Lipinski definition) is 9. The van der Waals surface area contributed by atoms with E-state index in [1.807, 2.05) is 78.9 Å². The van der Waals surface area contributed by atoms with Crippen LogP contribution in [0.5, 0.6) is 0 Å². The van der Waals surface area contributed by atoms with E-state index < -0.39 is 65.7 Å². The molecule has 4 aromatic carbocycles. The third-order valence-electron chi connectivity index (χ3n) is 15.7. The van der Waals surface area contributed by atoms with Crippen LogP contribution in [0.1, 0.15) is 95.6 Å². The molecule has 3 aliphatic carbocycles. The second-order valence-corrected chi connectivity index (χ2v) is 21.2. The number of rotatable bonds is 21. The van der Waals surface area contributed by atoms with Crippen LogP contribution in [-0.2, 0) is 51.2 Å². The molecule has 0 unspecified atom stereocenters. The van der Waals surface area contributed by atoms with Crippen LogP contribution in [0.15, 0.2) is 84.9 Å². The Hall–Kier alpha value is -6.88. The van der Waals surface area contributed by atoms with Gasteiger partial charge < -0.3 is 48.3 Å². The summed E-state index contributed by atoms with van der Waals surface area (Å²) in [5, 5.41) is 28.8. The maximum absolute atomic E-state index is 13.8. The second-order valence-electron chi connectivity index (χ2n) is 21.2. The van der Waals surface area contributed by atoms with Gasteiger partial charge in [0.1, 0.15) is 0 Å². The van der Waals surface area contributed by atoms with Crippen molar-refractivity contribution in [3.8, 4) is 0 Å². The molecule has 17 nitrogen and oxygen atoms in total. The summed E-state index contributed by atoms with van der Waals surface area (Å²) in [4.78, 5) is 107. The van der Waals surface area contributed by atoms with Crippen LogP contribution in [0.3, 0.4) is 0 Å². The van der Waals surface area contributed by atoms with Gasteiger partial charge in [0.05, 0.1) is 35.6 Å². The molecule has 4 aromatic rings. The lowest BCUT2D eigenvalue weighted by molar-refractivity contribution is -0.130. The van der Waals surface area contributed by atoms with Crippen molar-refractivity contribution in [2.24, 2.45) is 35.3 Å². The summed E-state index contributed by atoms with van der Waals surface area (Å²) in [5.41, 5.74) is 7.59. The summed E-state index contributed by atoms with van der Waals surface area (Å²) in [5.74, 6) is -4.90. The van der Waals surface area contributed by atoms with Crippen molar-refractivity contribution >= 4 is 68.8 Å². The molecular formula is C57H73N9O8. The van der Waals surface area contributed by atoms with Gasteiger partial charge in [-0.05, 0) is 84.0 Å². The van der Waals surface area contributed by atoms with Gasteiger partial charge in [-0.15, -0.1) is 0 Å². The van der Waals surface area contributed by atoms with Gasteiger partial charge in [-0.3, -0.25) is 38.4 Å². The monoisotopic (exact) mass is 1010 g/mol. The summed E-state index contributed by atoms with van der Waals surface area (Å²) in [6.45, 7) is 3.91. The quantitative estimate of drug-likeness (QED) is 0.0593. The Morgan fingerprint density at radius 3 is 1.84 bits per heavy atom. The summed E-state index contributed by atoms with van der Waals surface area (Å²) in [6.07, 6.45) is 6.79. The number of amides is 8. The van der Waals surface area contributed by atoms with E-state index in [0.29, 0.717) is 64.5 Å². The number of carbonyl (C=O) groups is 8. The smallest absolute Gasteiger partial charge is 0.226 e. The number of nitrogens with one attached hydrogen (secondary N) is 8. The Bertz CT molecular complexity index is 2710. The summed E-state index contributed by atoms with van der Waals surface area (Å²) in [7, 11) is 0. The van der Waals surface area contributed by atoms with Gasteiger partial charge in [0.15, 0.2) is 0 Å². The molecule has 1 aliphatic heterocycles. The minimum atomic E-state index is -0.632. The van der Waals surface area contributed by atoms with E-state index in [4.69, 9.17) is 5.73 Å². The minimum absolute atomic E-state index is 0.00422. The van der Waals surface area contributed by atoms with Crippen molar-refractivity contribution in [3.63, 3.8) is 0 Å². The molecule has 1 saturated heterocycles. The van der Waals surface area contributed by atoms with Gasteiger partial charge in [-0.1, -0.05) is 111 Å². The first-order valence-electron chi connectivity index (χ1n) is 26.7. The van der Waals surface area contributed by atoms with Crippen LogP contribution in [0.4, 0.5) is 0 Å². The fourth-order valence-electron chi connectivity index (χ4n) is 11.9. The highest BCUT2D eigenvalue weighted by Crippen LogP contribution is 2.30. The average molecular weight is 1010 g/mol. The van der Waals surface area contributed by atoms with Gasteiger partial charge in [-0.2, -0.15) is 0 Å². The Kier molecular flexibility index (Phi) is 18.0. The van der Waals surface area contributed by atoms with E-state index in [9.17, 15) is 38.4 Å². The molecule has 1 heterocycles. The average Bonchev–Trinajstić information content (AvgIpc) is 4.22. The first-order valence-corrected chi connectivity index (χ1v) is 26.7. The molecule has 10 N–H and O–H groups in total. The van der Waals surface area contributed by atoms with Crippen molar-refractivity contribution in [2.75, 3.05) is 19.6 Å². The normalized spacial score (nSPS) is 24.6. The van der Waals surface area contributed by atoms with Gasteiger partial charge in [0.2, 0.25) is 47.3 Å². The molecule has 17 heteroatoms. The summed E-state index contributed by atoms with van der Waals surface area (Å²) in [6, 6.07) is 25.3. The van der Waals surface area contributed by atoms with Gasteiger partial charge in [0.25, 0.3) is 0 Å². The Morgan fingerprint density at radius 1 is 0.568 bits per heavy atom. The lowest BCUT2D eigenvalue weighted by atomic mass is 9.95. The number of hydrogen-bond acceptors (Lipinski definition) is 9. The summed E-state index contributed by atoms with van der Waals surface area (Å²) < 4.78 is 0. The van der Waals surface area contributed by atoms with Crippen LogP contribution in [0.25, 0.3) is 21.5 Å². The Morgan fingerprint density at radius 2 is 1.16 bits per heavy atom. The first kappa shape index (κ1) is 53.4. The molecule has 74 heavy (non-hydrogen) atoms. The number of fused-ring (bicyclic) bond motifs is 2. The molecule has 0 aromatic heterocycles. The SMILES string of the molecule is CC(=O)N[C@H]1CCC[C@@H]1C(=O)N[C@H](CC(=O)N[C@H]1CCC[C@@H]1C(=O)NC[C@H](C)C(=O)N[C@H]1CNC[C@@H]1C(=O)N[C@H]1CCC[C@@H]1C(=O)N[C@H](CC(N)=O)Cc1cccc2ccccc12)Cc1ccc2ccccc2c1. The highest BCUT2D eigenvalue weighted by atomic mass is 16.2. The highest BCUT2D eigenvalue weighted by Gasteiger charge is 2.41. The number of nitrogens with two attached hydrogens (primary N) is 1. The molecular weight excluding hydrogens is 939 g/mol. The zero-order chi connectivity index (χ0) is 52.3. The molecule has 0 bridgehead atoms. The number of carbonyl (C=O) groups excluding carboxylic acids is 8. The molecule has 394 valence electrons. The van der Waals surface area contributed by atoms with Crippen LogP contribution < -0.4 is 48.3 Å². The Labute approximate surface area is 432 Å². The van der Waals surface area contributed by atoms with Crippen molar-refractivity contribution in [3.05, 3.63) is 96.1 Å². The van der Waals surface area contributed by atoms with E-state index in [-0.39, 0.29) is 66.8 Å². The Balaban J connectivity index is 0.810. The number of benzene rings is 4. The van der Waals surface area contributed by atoms with E-state index in [1.54, 1.807) is 6.92 Å². The van der Waals surface area contributed by atoms with Crippen LogP contribution in [0.2, 0.25) is 0 Å². The fraction of sp³-hybridized carbons (Fsp3) is 0.509. The molecule has 0 radical (unpaired) electrons. The predicted octanol–water partition coefficient (Wildman–Crippen LogP) is 3.34. The largest absolute Gasteiger partial charge is 0.370 e. The zero-order valence-corrected chi connectivity index (χ0v) is 42.6. The molecule has 8 amide bonds. The lowest BCUT2D eigenvalue weighted by Crippen LogP contribution is -2.53. The van der Waals surface area contributed by atoms with E-state index in [2.05, 4.69) is 48.6 Å². The van der Waals surface area contributed by atoms with Crippen molar-refractivity contribution < 1.29 is 38.4 Å². The molecule has 3 saturated carbocycles. The molecule has 4 fully saturated rings. The molecule has 4 aliphatic rings. The van der Waals surface area contributed by atoms with E-state index in [1.165, 1.54) is 6.92 Å².